The maximum atomic E-state index is 14.1. The van der Waals surface area contributed by atoms with Crippen molar-refractivity contribution in [1.82, 2.24) is 19.2 Å². The highest BCUT2D eigenvalue weighted by molar-refractivity contribution is 9.10. The molecule has 0 amide bonds. The smallest absolute Gasteiger partial charge is 0.268 e. The number of ketones is 1. The van der Waals surface area contributed by atoms with Gasteiger partial charge in [-0.15, -0.1) is 21.5 Å². The molecule has 4 heterocycles. The van der Waals surface area contributed by atoms with Crippen LogP contribution in [0.1, 0.15) is 40.2 Å². The van der Waals surface area contributed by atoms with Gasteiger partial charge in [-0.1, -0.05) is 58.0 Å². The molecule has 0 unspecified atom stereocenters. The highest BCUT2D eigenvalue weighted by Gasteiger charge is 2.32. The average molecular weight is 596 g/mol. The predicted molar refractivity (Wildman–Crippen MR) is 150 cm³/mol. The molecule has 5 aromatic rings. The van der Waals surface area contributed by atoms with Crippen LogP contribution >= 0.6 is 39.0 Å². The number of nitrogens with zero attached hydrogens (tertiary/aromatic N) is 4. The van der Waals surface area contributed by atoms with E-state index in [1.165, 1.54) is 11.8 Å². The lowest BCUT2D eigenvalue weighted by Gasteiger charge is -2.29. The van der Waals surface area contributed by atoms with E-state index in [0.29, 0.717) is 34.9 Å². The summed E-state index contributed by atoms with van der Waals surface area (Å²) in [5, 5.41) is 10.2. The molecule has 0 saturated heterocycles. The van der Waals surface area contributed by atoms with E-state index in [1.807, 2.05) is 61.6 Å². The number of para-hydroxylation sites is 1. The van der Waals surface area contributed by atoms with E-state index in [1.54, 1.807) is 28.0 Å². The second kappa shape index (κ2) is 9.20. The van der Waals surface area contributed by atoms with Crippen molar-refractivity contribution in [3.63, 3.8) is 0 Å². The van der Waals surface area contributed by atoms with Crippen molar-refractivity contribution in [2.45, 2.75) is 44.6 Å². The summed E-state index contributed by atoms with van der Waals surface area (Å²) in [6.45, 7) is 6.53. The van der Waals surface area contributed by atoms with E-state index in [-0.39, 0.29) is 22.7 Å². The Bertz CT molecular complexity index is 1750. The largest absolute Gasteiger partial charge is 0.370 e. The van der Waals surface area contributed by atoms with Gasteiger partial charge in [0.1, 0.15) is 4.83 Å². The zero-order valence-corrected chi connectivity index (χ0v) is 23.7. The maximum absolute atomic E-state index is 14.1. The minimum Gasteiger partial charge on any atom is -0.370 e. The van der Waals surface area contributed by atoms with Gasteiger partial charge in [-0.2, -0.15) is 0 Å². The molecule has 0 aliphatic carbocycles. The Hall–Kier alpha value is -2.79. The summed E-state index contributed by atoms with van der Waals surface area (Å²) in [6.07, 6.45) is 0.642. The molecule has 0 N–H and O–H groups in total. The normalized spacial score (nSPS) is 14.8. The Morgan fingerprint density at radius 3 is 2.68 bits per heavy atom. The highest BCUT2D eigenvalue weighted by atomic mass is 79.9. The Morgan fingerprint density at radius 1 is 1.16 bits per heavy atom. The zero-order valence-electron chi connectivity index (χ0n) is 20.4. The number of aromatic nitrogens is 4. The summed E-state index contributed by atoms with van der Waals surface area (Å²) in [6, 6.07) is 15.1. The monoisotopic (exact) mass is 594 g/mol. The summed E-state index contributed by atoms with van der Waals surface area (Å²) in [4.78, 5) is 28.9. The molecule has 1 aliphatic rings. The summed E-state index contributed by atoms with van der Waals surface area (Å²) >= 11 is 6.28. The highest BCUT2D eigenvalue weighted by Crippen LogP contribution is 2.39. The van der Waals surface area contributed by atoms with Gasteiger partial charge in [0, 0.05) is 21.3 Å². The number of hydrogen-bond acceptors (Lipinski definition) is 7. The van der Waals surface area contributed by atoms with Crippen LogP contribution < -0.4 is 5.56 Å². The number of carbonyl (C=O) groups is 1. The van der Waals surface area contributed by atoms with Crippen molar-refractivity contribution in [3.05, 3.63) is 84.9 Å². The van der Waals surface area contributed by atoms with Gasteiger partial charge in [0.05, 0.1) is 29.0 Å². The van der Waals surface area contributed by atoms with Crippen molar-refractivity contribution in [2.75, 3.05) is 5.75 Å². The number of halogens is 1. The van der Waals surface area contributed by atoms with Crippen LogP contribution in [0.15, 0.2) is 63.0 Å². The van der Waals surface area contributed by atoms with Crippen LogP contribution in [-0.4, -0.2) is 36.3 Å². The minimum absolute atomic E-state index is 0.00153. The summed E-state index contributed by atoms with van der Waals surface area (Å²) in [5.74, 6) is 0.636. The van der Waals surface area contributed by atoms with Crippen molar-refractivity contribution < 1.29 is 9.53 Å². The van der Waals surface area contributed by atoms with E-state index >= 15 is 0 Å². The lowest BCUT2D eigenvalue weighted by Crippen LogP contribution is -2.32. The standard InChI is InChI=1S/C27H23BrN4O3S2/c1-15-6-4-5-7-19(15)31-23(34)22-18-12-27(2,3)35-13-21(18)37-24(22)32-25(31)29-30-26(32)36-14-20(33)16-8-10-17(28)11-9-16/h4-11H,12-14H2,1-3H3. The second-order valence-corrected chi connectivity index (χ2v) is 12.6. The van der Waals surface area contributed by atoms with E-state index in [2.05, 4.69) is 26.1 Å². The number of carbonyl (C=O) groups excluding carboxylic acids is 1. The molecular weight excluding hydrogens is 572 g/mol. The number of rotatable bonds is 5. The lowest BCUT2D eigenvalue weighted by atomic mass is 9.94. The summed E-state index contributed by atoms with van der Waals surface area (Å²) < 4.78 is 10.6. The fourth-order valence-electron chi connectivity index (χ4n) is 4.68. The third-order valence-corrected chi connectivity index (χ3v) is 9.21. The fourth-order valence-corrected chi connectivity index (χ4v) is 7.05. The van der Waals surface area contributed by atoms with Crippen molar-refractivity contribution >= 4 is 60.8 Å². The first-order valence-corrected chi connectivity index (χ1v) is 14.4. The zero-order chi connectivity index (χ0) is 25.9. The third kappa shape index (κ3) is 4.25. The topological polar surface area (TPSA) is 78.5 Å². The van der Waals surface area contributed by atoms with Crippen LogP contribution in [0, 0.1) is 6.92 Å². The first-order valence-electron chi connectivity index (χ1n) is 11.8. The van der Waals surface area contributed by atoms with Crippen LogP contribution in [0.2, 0.25) is 0 Å². The van der Waals surface area contributed by atoms with Crippen LogP contribution in [-0.2, 0) is 17.8 Å². The molecule has 7 nitrogen and oxygen atoms in total. The number of fused-ring (bicyclic) bond motifs is 5. The molecule has 10 heteroatoms. The molecular formula is C27H23BrN4O3S2. The minimum atomic E-state index is -0.363. The molecule has 0 saturated carbocycles. The van der Waals surface area contributed by atoms with E-state index in [9.17, 15) is 9.59 Å². The van der Waals surface area contributed by atoms with Crippen molar-refractivity contribution in [2.24, 2.45) is 0 Å². The average Bonchev–Trinajstić information content (AvgIpc) is 3.45. The van der Waals surface area contributed by atoms with Gasteiger partial charge < -0.3 is 4.74 Å². The second-order valence-electron chi connectivity index (χ2n) is 9.67. The van der Waals surface area contributed by atoms with Crippen molar-refractivity contribution in [1.29, 1.82) is 0 Å². The van der Waals surface area contributed by atoms with Crippen LogP contribution in [0.3, 0.4) is 0 Å². The van der Waals surface area contributed by atoms with Gasteiger partial charge in [-0.3, -0.25) is 9.59 Å². The molecule has 188 valence electrons. The number of thioether (sulfide) groups is 1. The first-order chi connectivity index (χ1) is 17.7. The van der Waals surface area contributed by atoms with E-state index in [0.717, 1.165) is 31.0 Å². The molecule has 6 rings (SSSR count). The number of thiophene rings is 1. The molecule has 2 aromatic carbocycles. The third-order valence-electron chi connectivity index (χ3n) is 6.56. The van der Waals surface area contributed by atoms with Gasteiger partial charge in [0.2, 0.25) is 5.78 Å². The number of benzene rings is 2. The molecule has 0 spiro atoms. The summed E-state index contributed by atoms with van der Waals surface area (Å²) in [5.41, 5.74) is 2.92. The van der Waals surface area contributed by atoms with Gasteiger partial charge in [-0.25, -0.2) is 8.97 Å². The molecule has 0 fully saturated rings. The lowest BCUT2D eigenvalue weighted by molar-refractivity contribution is -0.0379. The van der Waals surface area contributed by atoms with Crippen LogP contribution in [0.4, 0.5) is 0 Å². The first kappa shape index (κ1) is 24.5. The molecule has 37 heavy (non-hydrogen) atoms. The molecule has 0 atom stereocenters. The van der Waals surface area contributed by atoms with E-state index in [4.69, 9.17) is 4.74 Å². The van der Waals surface area contributed by atoms with Crippen LogP contribution in [0.25, 0.3) is 21.7 Å². The Labute approximate surface area is 229 Å². The number of hydrogen-bond donors (Lipinski definition) is 0. The SMILES string of the molecule is Cc1ccccc1-n1c(=O)c2c3c(sc2n2c(SCC(=O)c4ccc(Br)cc4)nnc12)COC(C)(C)C3. The van der Waals surface area contributed by atoms with Gasteiger partial charge in [0.25, 0.3) is 5.56 Å². The number of Topliss-reactive ketones (excluding diaryl/α,β-unsaturated/α-hetero) is 1. The van der Waals surface area contributed by atoms with Gasteiger partial charge in [-0.05, 0) is 50.1 Å². The predicted octanol–water partition coefficient (Wildman–Crippen LogP) is 5.99. The van der Waals surface area contributed by atoms with Gasteiger partial charge in [0.15, 0.2) is 10.9 Å². The van der Waals surface area contributed by atoms with Crippen molar-refractivity contribution in [3.8, 4) is 5.69 Å². The quantitative estimate of drug-likeness (QED) is 0.184. The summed E-state index contributed by atoms with van der Waals surface area (Å²) in [7, 11) is 0. The number of aryl methyl sites for hydroxylation is 1. The molecule has 0 bridgehead atoms. The fraction of sp³-hybridized carbons (Fsp3) is 0.259. The maximum Gasteiger partial charge on any atom is 0.268 e. The Balaban J connectivity index is 1.55. The van der Waals surface area contributed by atoms with Crippen LogP contribution in [0.5, 0.6) is 0 Å². The molecule has 3 aromatic heterocycles. The molecule has 1 aliphatic heterocycles. The number of ether oxygens (including phenoxy) is 1. The molecule has 0 radical (unpaired) electrons. The van der Waals surface area contributed by atoms with E-state index < -0.39 is 0 Å². The van der Waals surface area contributed by atoms with Gasteiger partial charge >= 0.3 is 0 Å². The Morgan fingerprint density at radius 2 is 1.92 bits per heavy atom. The Kier molecular flexibility index (Phi) is 6.10.